The molecule has 2 atom stereocenters. The van der Waals surface area contributed by atoms with Gasteiger partial charge in [0.25, 0.3) is 0 Å². The van der Waals surface area contributed by atoms with E-state index in [0.717, 1.165) is 5.56 Å². The van der Waals surface area contributed by atoms with Gasteiger partial charge in [0.05, 0.1) is 14.2 Å². The number of amides is 3. The maximum atomic E-state index is 12.3. The van der Waals surface area contributed by atoms with Gasteiger partial charge in [-0.3, -0.25) is 0 Å². The number of alkyl carbamates (subject to hydrolysis) is 1. The molecular weight excluding hydrogens is 740 g/mol. The van der Waals surface area contributed by atoms with Crippen molar-refractivity contribution in [2.45, 2.75) is 71.8 Å². The van der Waals surface area contributed by atoms with Gasteiger partial charge >= 0.3 is 30.2 Å². The van der Waals surface area contributed by atoms with E-state index in [2.05, 4.69) is 26.4 Å². The van der Waals surface area contributed by atoms with E-state index in [0.29, 0.717) is 36.4 Å². The second-order valence-corrected chi connectivity index (χ2v) is 12.5. The van der Waals surface area contributed by atoms with E-state index in [9.17, 15) is 29.1 Å². The minimum Gasteiger partial charge on any atom is -1.00 e. The zero-order valence-electron chi connectivity index (χ0n) is 32.1. The Morgan fingerprint density at radius 1 is 0.709 bits per heavy atom. The van der Waals surface area contributed by atoms with Crippen LogP contribution in [0, 0.1) is 0 Å². The first-order valence-electron chi connectivity index (χ1n) is 17.1. The van der Waals surface area contributed by atoms with Crippen molar-refractivity contribution in [2.24, 2.45) is 0 Å². The number of benzene rings is 3. The predicted octanol–water partition coefficient (Wildman–Crippen LogP) is 0.813. The van der Waals surface area contributed by atoms with Crippen LogP contribution in [-0.2, 0) is 43.2 Å². The van der Waals surface area contributed by atoms with Crippen LogP contribution in [0.1, 0.15) is 51.3 Å². The lowest BCUT2D eigenvalue weighted by Crippen LogP contribution is -3.00. The molecule has 0 aliphatic heterocycles. The van der Waals surface area contributed by atoms with Crippen LogP contribution in [0.4, 0.5) is 14.4 Å². The third kappa shape index (κ3) is 17.8. The van der Waals surface area contributed by atoms with Crippen LogP contribution in [0.25, 0.3) is 0 Å². The number of hydrogen-bond acceptors (Lipinski definition) is 12. The van der Waals surface area contributed by atoms with Gasteiger partial charge in [-0.25, -0.2) is 24.0 Å². The molecule has 0 saturated heterocycles. The Kier molecular flexibility index (Phi) is 20.5. The normalized spacial score (nSPS) is 11.4. The molecular formula is C38H51ClN4O12. The Hall–Kier alpha value is -5.74. The van der Waals surface area contributed by atoms with Crippen LogP contribution >= 0.6 is 0 Å². The quantitative estimate of drug-likeness (QED) is 0.113. The van der Waals surface area contributed by atoms with Gasteiger partial charge in [0.2, 0.25) is 0 Å². The summed E-state index contributed by atoms with van der Waals surface area (Å²) in [5.41, 5.74) is 5.22. The van der Waals surface area contributed by atoms with Gasteiger partial charge in [-0.15, -0.1) is 0 Å². The van der Waals surface area contributed by atoms with Crippen LogP contribution in [0.3, 0.4) is 0 Å². The fourth-order valence-electron chi connectivity index (χ4n) is 4.50. The summed E-state index contributed by atoms with van der Waals surface area (Å²) < 4.78 is 30.9. The van der Waals surface area contributed by atoms with Gasteiger partial charge in [0, 0.05) is 25.9 Å². The first-order chi connectivity index (χ1) is 25.6. The predicted molar refractivity (Wildman–Crippen MR) is 196 cm³/mol. The van der Waals surface area contributed by atoms with Crippen LogP contribution < -0.4 is 48.3 Å². The number of quaternary nitrogens is 1. The van der Waals surface area contributed by atoms with Gasteiger partial charge in [0.15, 0.2) is 29.0 Å². The lowest BCUT2D eigenvalue weighted by molar-refractivity contribution is -0.407. The van der Waals surface area contributed by atoms with E-state index in [1.807, 2.05) is 30.3 Å². The van der Waals surface area contributed by atoms with Crippen molar-refractivity contribution in [3.8, 4) is 23.0 Å². The molecule has 17 heteroatoms. The number of halogens is 1. The highest BCUT2D eigenvalue weighted by atomic mass is 35.5. The molecule has 0 aliphatic rings. The highest BCUT2D eigenvalue weighted by Gasteiger charge is 2.26. The van der Waals surface area contributed by atoms with E-state index in [4.69, 9.17) is 23.7 Å². The molecule has 0 aliphatic carbocycles. The summed E-state index contributed by atoms with van der Waals surface area (Å²) in [6.45, 7) is 9.77. The van der Waals surface area contributed by atoms with Gasteiger partial charge in [-0.1, -0.05) is 42.5 Å². The van der Waals surface area contributed by atoms with Crippen molar-refractivity contribution in [3.05, 3.63) is 83.4 Å². The van der Waals surface area contributed by atoms with E-state index in [1.54, 1.807) is 58.9 Å². The number of aromatic hydroxyl groups is 1. The number of carbonyl (C=O) groups excluding carboxylic acids is 5. The topological polar surface area (TPSA) is 225 Å². The third-order valence-corrected chi connectivity index (χ3v) is 6.95. The highest BCUT2D eigenvalue weighted by molar-refractivity contribution is 5.82. The molecule has 0 heterocycles. The van der Waals surface area contributed by atoms with Crippen molar-refractivity contribution in [1.82, 2.24) is 16.0 Å². The Morgan fingerprint density at radius 2 is 1.25 bits per heavy atom. The number of methoxy groups -OCH3 is 2. The number of nitrogens with one attached hydrogen (secondary N) is 3. The van der Waals surface area contributed by atoms with Crippen molar-refractivity contribution in [1.29, 1.82) is 0 Å². The summed E-state index contributed by atoms with van der Waals surface area (Å²) in [5.74, 6) is -0.649. The lowest BCUT2D eigenvalue weighted by Gasteiger charge is -2.23. The van der Waals surface area contributed by atoms with Gasteiger partial charge in [-0.05, 0) is 75.6 Å². The van der Waals surface area contributed by atoms with E-state index in [1.165, 1.54) is 26.4 Å². The van der Waals surface area contributed by atoms with Crippen molar-refractivity contribution in [3.63, 3.8) is 0 Å². The number of rotatable bonds is 14. The summed E-state index contributed by atoms with van der Waals surface area (Å²) in [4.78, 5) is 59.2. The molecule has 16 nitrogen and oxygen atoms in total. The summed E-state index contributed by atoms with van der Waals surface area (Å²) in [6.07, 6.45) is -1.64. The fraction of sp³-hybridized carbons (Fsp3) is 0.395. The van der Waals surface area contributed by atoms with Gasteiger partial charge in [-0.2, -0.15) is 0 Å². The molecule has 3 aromatic carbocycles. The van der Waals surface area contributed by atoms with E-state index < -0.39 is 47.9 Å². The standard InChI is InChI=1S/C25H32N2O7.C13H18N2O5.ClH/c1-6-26-23(29)33-21-15-18(12-13-20(21)32-16-17-10-8-7-9-11-17)14-19(22(28)31-5)27-24(30)34-25(2,3)4;1-3-15-13(18)20-11-7-8(4-5-10(11)16)6-9(14)12(17)19-2;/h7-13,15,19H,6,14,16H2,1-5H3,(H,26,29)(H,27,30);4-5,7,9,16H,3,6,14H2,1-2H3,(H,15,18);1H/t19-;9-;/m00./s1. The monoisotopic (exact) mass is 790 g/mol. The lowest BCUT2D eigenvalue weighted by atomic mass is 10.1. The Balaban J connectivity index is 0.000000615. The van der Waals surface area contributed by atoms with Crippen LogP contribution in [0.15, 0.2) is 66.7 Å². The van der Waals surface area contributed by atoms with Crippen molar-refractivity contribution < 1.29 is 75.6 Å². The molecule has 3 rings (SSSR count). The van der Waals surface area contributed by atoms with Crippen molar-refractivity contribution >= 4 is 30.2 Å². The Labute approximate surface area is 326 Å². The molecule has 0 fully saturated rings. The second-order valence-electron chi connectivity index (χ2n) is 12.5. The number of esters is 2. The molecule has 0 radical (unpaired) electrons. The minimum atomic E-state index is -1.01. The van der Waals surface area contributed by atoms with Crippen LogP contribution in [0.2, 0.25) is 0 Å². The van der Waals surface area contributed by atoms with E-state index in [-0.39, 0.29) is 42.7 Å². The summed E-state index contributed by atoms with van der Waals surface area (Å²) >= 11 is 0. The summed E-state index contributed by atoms with van der Waals surface area (Å²) in [5, 5.41) is 17.2. The number of phenolic OH excluding ortho intramolecular Hbond substituents is 1. The minimum absolute atomic E-state index is 0. The Morgan fingerprint density at radius 3 is 1.82 bits per heavy atom. The molecule has 55 heavy (non-hydrogen) atoms. The van der Waals surface area contributed by atoms with E-state index >= 15 is 0 Å². The van der Waals surface area contributed by atoms with Crippen molar-refractivity contribution in [2.75, 3.05) is 27.3 Å². The summed E-state index contributed by atoms with van der Waals surface area (Å²) in [6, 6.07) is 17.4. The highest BCUT2D eigenvalue weighted by Crippen LogP contribution is 2.30. The maximum Gasteiger partial charge on any atom is 0.412 e. The largest absolute Gasteiger partial charge is 1.00 e. The number of hydrogen-bond donors (Lipinski definition) is 5. The van der Waals surface area contributed by atoms with Gasteiger partial charge < -0.3 is 67.6 Å². The zero-order chi connectivity index (χ0) is 40.3. The smallest absolute Gasteiger partial charge is 0.412 e. The van der Waals surface area contributed by atoms with Crippen LogP contribution in [0.5, 0.6) is 23.0 Å². The molecule has 3 aromatic rings. The third-order valence-electron chi connectivity index (χ3n) is 6.95. The average Bonchev–Trinajstić information content (AvgIpc) is 3.11. The molecule has 3 amide bonds. The maximum absolute atomic E-state index is 12.3. The molecule has 0 bridgehead atoms. The molecule has 0 unspecified atom stereocenters. The molecule has 0 aromatic heterocycles. The average molecular weight is 791 g/mol. The fourth-order valence-corrected chi connectivity index (χ4v) is 4.50. The second kappa shape index (κ2) is 23.8. The summed E-state index contributed by atoms with van der Waals surface area (Å²) in [7, 11) is 2.53. The Bertz CT molecular complexity index is 1700. The molecule has 0 spiro atoms. The number of carbonyl (C=O) groups is 5. The molecule has 7 N–H and O–H groups in total. The first-order valence-corrected chi connectivity index (χ1v) is 17.1. The molecule has 0 saturated carbocycles. The SMILES string of the molecule is CCNC(=O)Oc1cc(C[C@H](NC(=O)OC(C)(C)C)C(=O)OC)ccc1OCc1ccccc1.CCNC(=O)Oc1cc(C[C@H]([NH3+])C(=O)OC)ccc1O.[Cl-]. The van der Waals surface area contributed by atoms with Crippen LogP contribution in [-0.4, -0.2) is 80.3 Å². The zero-order valence-corrected chi connectivity index (χ0v) is 32.8. The molecule has 302 valence electrons. The first kappa shape index (κ1) is 47.3. The van der Waals surface area contributed by atoms with Gasteiger partial charge in [0.1, 0.15) is 18.2 Å². The number of phenols is 1. The number of ether oxygens (including phenoxy) is 6.